The predicted octanol–water partition coefficient (Wildman–Crippen LogP) is 15.8. The standard InChI is InChI=1S/C56H101O11P/c1-4-7-10-13-16-19-22-25-26-29-32-35-38-41-44-47-56(60)67-53(49-63-54(58)45-42-39-36-33-30-27-23-20-17-14-11-8-5-2)51-65-68(61,62)64-50-52(48-57)66-55(59)46-43-40-37-34-31-28-24-21-18-15-12-9-6-3/h8,11,17,20-21,24,27,30,52-53,57H,4-7,9-10,12-16,18-19,22-23,25-26,28-29,31-51H2,1-3H3,(H,61,62)/b11-8-,20-17-,24-21-,30-27-. The number of allylic oxidation sites excluding steroid dienone is 8. The number of esters is 3. The summed E-state index contributed by atoms with van der Waals surface area (Å²) in [6.45, 7) is 4.49. The van der Waals surface area contributed by atoms with E-state index >= 15 is 0 Å². The number of unbranched alkanes of at least 4 members (excludes halogenated alkanes) is 26. The van der Waals surface area contributed by atoms with Gasteiger partial charge in [-0.15, -0.1) is 0 Å². The van der Waals surface area contributed by atoms with Crippen molar-refractivity contribution >= 4 is 25.7 Å². The van der Waals surface area contributed by atoms with Gasteiger partial charge in [-0.3, -0.25) is 23.4 Å². The minimum absolute atomic E-state index is 0.164. The van der Waals surface area contributed by atoms with Crippen molar-refractivity contribution < 1.29 is 52.2 Å². The Bertz CT molecular complexity index is 1330. The number of carbonyl (C=O) groups excluding carboxylic acids is 3. The van der Waals surface area contributed by atoms with Crippen LogP contribution in [0.5, 0.6) is 0 Å². The van der Waals surface area contributed by atoms with Crippen molar-refractivity contribution in [3.05, 3.63) is 48.6 Å². The molecule has 0 saturated carbocycles. The quantitative estimate of drug-likeness (QED) is 0.0197. The van der Waals surface area contributed by atoms with Gasteiger partial charge in [0.25, 0.3) is 0 Å². The van der Waals surface area contributed by atoms with Crippen LogP contribution in [0.4, 0.5) is 0 Å². The highest BCUT2D eigenvalue weighted by Crippen LogP contribution is 2.43. The van der Waals surface area contributed by atoms with Gasteiger partial charge < -0.3 is 24.2 Å². The molecule has 0 aliphatic rings. The number of hydrogen-bond donors (Lipinski definition) is 2. The number of phosphoric acid groups is 1. The average Bonchev–Trinajstić information content (AvgIpc) is 3.32. The van der Waals surface area contributed by atoms with E-state index in [4.69, 9.17) is 23.3 Å². The maximum absolute atomic E-state index is 12.9. The van der Waals surface area contributed by atoms with E-state index in [2.05, 4.69) is 69.4 Å². The van der Waals surface area contributed by atoms with Gasteiger partial charge in [0.05, 0.1) is 19.8 Å². The van der Waals surface area contributed by atoms with E-state index in [1.165, 1.54) is 96.3 Å². The second-order valence-electron chi connectivity index (χ2n) is 18.4. The molecule has 0 aliphatic carbocycles. The van der Waals surface area contributed by atoms with Crippen LogP contribution in [0, 0.1) is 0 Å². The Morgan fingerprint density at radius 1 is 0.426 bits per heavy atom. The van der Waals surface area contributed by atoms with Crippen molar-refractivity contribution in [2.75, 3.05) is 26.4 Å². The monoisotopic (exact) mass is 981 g/mol. The van der Waals surface area contributed by atoms with Gasteiger partial charge in [0.15, 0.2) is 6.10 Å². The highest BCUT2D eigenvalue weighted by Gasteiger charge is 2.28. The molecule has 68 heavy (non-hydrogen) atoms. The third-order valence-corrected chi connectivity index (χ3v) is 12.7. The first-order valence-corrected chi connectivity index (χ1v) is 29.0. The Labute approximate surface area is 415 Å². The molecule has 396 valence electrons. The van der Waals surface area contributed by atoms with E-state index in [0.29, 0.717) is 19.3 Å². The van der Waals surface area contributed by atoms with E-state index in [1.54, 1.807) is 0 Å². The summed E-state index contributed by atoms with van der Waals surface area (Å²) in [6, 6.07) is 0. The van der Waals surface area contributed by atoms with Gasteiger partial charge >= 0.3 is 25.7 Å². The molecule has 0 aromatic rings. The Kier molecular flexibility index (Phi) is 48.9. The van der Waals surface area contributed by atoms with Crippen LogP contribution in [0.1, 0.15) is 252 Å². The van der Waals surface area contributed by atoms with Crippen LogP contribution in [0.2, 0.25) is 0 Å². The number of aliphatic hydroxyl groups is 1. The normalized spacial score (nSPS) is 13.8. The number of phosphoric ester groups is 1. The molecule has 0 aromatic carbocycles. The van der Waals surface area contributed by atoms with Crippen molar-refractivity contribution in [1.82, 2.24) is 0 Å². The van der Waals surface area contributed by atoms with Crippen LogP contribution < -0.4 is 0 Å². The molecular weight excluding hydrogens is 880 g/mol. The molecule has 0 fully saturated rings. The van der Waals surface area contributed by atoms with Gasteiger partial charge in [-0.1, -0.05) is 204 Å². The van der Waals surface area contributed by atoms with Gasteiger partial charge in [0, 0.05) is 19.3 Å². The molecule has 0 aliphatic heterocycles. The molecule has 0 amide bonds. The lowest BCUT2D eigenvalue weighted by molar-refractivity contribution is -0.161. The topological polar surface area (TPSA) is 155 Å². The number of rotatable bonds is 51. The van der Waals surface area contributed by atoms with E-state index in [1.807, 2.05) is 0 Å². The fourth-order valence-corrected chi connectivity index (χ4v) is 8.33. The van der Waals surface area contributed by atoms with Crippen LogP contribution in [0.15, 0.2) is 48.6 Å². The predicted molar refractivity (Wildman–Crippen MR) is 279 cm³/mol. The van der Waals surface area contributed by atoms with Gasteiger partial charge in [-0.25, -0.2) is 4.57 Å². The number of carbonyl (C=O) groups is 3. The molecule has 0 rings (SSSR count). The average molecular weight is 981 g/mol. The van der Waals surface area contributed by atoms with Crippen molar-refractivity contribution in [3.63, 3.8) is 0 Å². The van der Waals surface area contributed by atoms with E-state index in [9.17, 15) is 28.9 Å². The highest BCUT2D eigenvalue weighted by atomic mass is 31.2. The maximum atomic E-state index is 12.9. The van der Waals surface area contributed by atoms with Crippen LogP contribution in [0.3, 0.4) is 0 Å². The highest BCUT2D eigenvalue weighted by molar-refractivity contribution is 7.47. The van der Waals surface area contributed by atoms with E-state index < -0.39 is 57.8 Å². The van der Waals surface area contributed by atoms with Gasteiger partial charge in [-0.2, -0.15) is 0 Å². The molecule has 2 N–H and O–H groups in total. The maximum Gasteiger partial charge on any atom is 0.472 e. The largest absolute Gasteiger partial charge is 0.472 e. The molecule has 3 atom stereocenters. The summed E-state index contributed by atoms with van der Waals surface area (Å²) in [5.74, 6) is -1.50. The molecule has 0 heterocycles. The zero-order valence-electron chi connectivity index (χ0n) is 43.6. The minimum Gasteiger partial charge on any atom is -0.462 e. The van der Waals surface area contributed by atoms with Crippen molar-refractivity contribution in [2.24, 2.45) is 0 Å². The zero-order valence-corrected chi connectivity index (χ0v) is 44.5. The lowest BCUT2D eigenvalue weighted by Gasteiger charge is -2.21. The molecule has 3 unspecified atom stereocenters. The fourth-order valence-electron chi connectivity index (χ4n) is 7.54. The fraction of sp³-hybridized carbons (Fsp3) is 0.804. The molecule has 11 nitrogen and oxygen atoms in total. The van der Waals surface area contributed by atoms with Crippen LogP contribution >= 0.6 is 7.82 Å². The third-order valence-electron chi connectivity index (χ3n) is 11.7. The Morgan fingerprint density at radius 2 is 0.765 bits per heavy atom. The lowest BCUT2D eigenvalue weighted by atomic mass is 10.0. The molecule has 0 bridgehead atoms. The van der Waals surface area contributed by atoms with Crippen LogP contribution in [-0.2, 0) is 42.2 Å². The molecule has 0 radical (unpaired) electrons. The second-order valence-corrected chi connectivity index (χ2v) is 19.8. The number of aliphatic hydroxyl groups excluding tert-OH is 1. The van der Waals surface area contributed by atoms with Crippen molar-refractivity contribution in [3.8, 4) is 0 Å². The summed E-state index contributed by atoms with van der Waals surface area (Å²) in [5, 5.41) is 9.78. The van der Waals surface area contributed by atoms with E-state index in [0.717, 1.165) is 96.3 Å². The van der Waals surface area contributed by atoms with Gasteiger partial charge in [0.2, 0.25) is 0 Å². The summed E-state index contributed by atoms with van der Waals surface area (Å²) in [5.41, 5.74) is 0. The number of ether oxygens (including phenoxy) is 3. The molecule has 0 aromatic heterocycles. The summed E-state index contributed by atoms with van der Waals surface area (Å²) < 4.78 is 39.4. The van der Waals surface area contributed by atoms with Crippen molar-refractivity contribution in [2.45, 2.75) is 264 Å². The summed E-state index contributed by atoms with van der Waals surface area (Å²) >= 11 is 0. The first kappa shape index (κ1) is 65.4. The first-order chi connectivity index (χ1) is 33.2. The summed E-state index contributed by atoms with van der Waals surface area (Å²) in [6.07, 6.45) is 52.2. The van der Waals surface area contributed by atoms with Crippen LogP contribution in [0.25, 0.3) is 0 Å². The van der Waals surface area contributed by atoms with Crippen LogP contribution in [-0.4, -0.2) is 66.5 Å². The SMILES string of the molecule is CC/C=C\C/C=C\C/C=C\CCCCCC(=O)OCC(COP(=O)(O)OCC(CO)OC(=O)CCCCCCC/C=C\CCCCCC)OC(=O)CCCCCCCCCCCCCCCCC. The summed E-state index contributed by atoms with van der Waals surface area (Å²) in [7, 11) is -4.75. The number of hydrogen-bond acceptors (Lipinski definition) is 10. The molecule has 0 saturated heterocycles. The van der Waals surface area contributed by atoms with Gasteiger partial charge in [0.1, 0.15) is 12.7 Å². The summed E-state index contributed by atoms with van der Waals surface area (Å²) in [4.78, 5) is 48.4. The molecule has 12 heteroatoms. The second kappa shape index (κ2) is 50.8. The molecular formula is C56H101O11P. The lowest BCUT2D eigenvalue weighted by Crippen LogP contribution is -2.30. The smallest absolute Gasteiger partial charge is 0.462 e. The Morgan fingerprint density at radius 3 is 1.22 bits per heavy atom. The van der Waals surface area contributed by atoms with Gasteiger partial charge in [-0.05, 0) is 77.0 Å². The third kappa shape index (κ3) is 48.5. The van der Waals surface area contributed by atoms with Crippen molar-refractivity contribution in [1.29, 1.82) is 0 Å². The Balaban J connectivity index is 4.75. The first-order valence-electron chi connectivity index (χ1n) is 27.5. The Hall–Kier alpha value is -2.56. The zero-order chi connectivity index (χ0) is 49.9. The minimum atomic E-state index is -4.75. The van der Waals surface area contributed by atoms with E-state index in [-0.39, 0.29) is 25.9 Å². The molecule has 0 spiro atoms.